The van der Waals surface area contributed by atoms with E-state index < -0.39 is 5.60 Å². The molecule has 1 aliphatic carbocycles. The molecule has 0 amide bonds. The summed E-state index contributed by atoms with van der Waals surface area (Å²) in [6, 6.07) is 2.13. The first-order valence-electron chi connectivity index (χ1n) is 6.30. The Morgan fingerprint density at radius 1 is 1.44 bits per heavy atom. The molecule has 0 unspecified atom stereocenters. The summed E-state index contributed by atoms with van der Waals surface area (Å²) in [7, 11) is 0. The molecular formula is C13H22N2O. The molecule has 0 radical (unpaired) electrons. The van der Waals surface area contributed by atoms with Crippen molar-refractivity contribution in [3.05, 3.63) is 24.0 Å². The lowest BCUT2D eigenvalue weighted by Gasteiger charge is -2.22. The largest absolute Gasteiger partial charge is 0.389 e. The Labute approximate surface area is 97.5 Å². The molecule has 1 aliphatic rings. The van der Waals surface area contributed by atoms with Gasteiger partial charge in [0.05, 0.1) is 5.60 Å². The molecule has 16 heavy (non-hydrogen) atoms. The average Bonchev–Trinajstić information content (AvgIpc) is 2.88. The van der Waals surface area contributed by atoms with Gasteiger partial charge >= 0.3 is 0 Å². The van der Waals surface area contributed by atoms with Gasteiger partial charge in [-0.1, -0.05) is 12.8 Å². The van der Waals surface area contributed by atoms with Crippen LogP contribution in [-0.4, -0.2) is 21.8 Å². The summed E-state index contributed by atoms with van der Waals surface area (Å²) in [5, 5.41) is 13.5. The molecule has 0 spiro atoms. The van der Waals surface area contributed by atoms with Crippen molar-refractivity contribution in [2.45, 2.75) is 51.3 Å². The van der Waals surface area contributed by atoms with Gasteiger partial charge < -0.3 is 15.0 Å². The van der Waals surface area contributed by atoms with Crippen molar-refractivity contribution in [3.63, 3.8) is 0 Å². The molecule has 0 aliphatic heterocycles. The third-order valence-corrected chi connectivity index (χ3v) is 3.49. The van der Waals surface area contributed by atoms with Crippen LogP contribution in [0.2, 0.25) is 0 Å². The third-order valence-electron chi connectivity index (χ3n) is 3.49. The van der Waals surface area contributed by atoms with E-state index in [1.807, 2.05) is 0 Å². The predicted octanol–water partition coefficient (Wildman–Crippen LogP) is 1.90. The van der Waals surface area contributed by atoms with Crippen molar-refractivity contribution >= 4 is 0 Å². The maximum absolute atomic E-state index is 10.2. The number of rotatable bonds is 5. The second-order valence-electron chi connectivity index (χ2n) is 4.89. The van der Waals surface area contributed by atoms with Crippen molar-refractivity contribution in [1.82, 2.24) is 9.88 Å². The first kappa shape index (κ1) is 11.7. The Kier molecular flexibility index (Phi) is 3.66. The summed E-state index contributed by atoms with van der Waals surface area (Å²) < 4.78 is 2.17. The fourth-order valence-electron chi connectivity index (χ4n) is 2.44. The van der Waals surface area contributed by atoms with Crippen LogP contribution in [0.4, 0.5) is 0 Å². The van der Waals surface area contributed by atoms with E-state index in [9.17, 15) is 5.11 Å². The van der Waals surface area contributed by atoms with E-state index in [1.165, 1.54) is 18.4 Å². The highest BCUT2D eigenvalue weighted by Gasteiger charge is 2.30. The molecule has 1 aromatic heterocycles. The van der Waals surface area contributed by atoms with Crippen LogP contribution in [0.1, 0.15) is 38.2 Å². The van der Waals surface area contributed by atoms with Crippen LogP contribution in [0.15, 0.2) is 18.5 Å². The van der Waals surface area contributed by atoms with Gasteiger partial charge in [-0.2, -0.15) is 0 Å². The van der Waals surface area contributed by atoms with Gasteiger partial charge in [-0.25, -0.2) is 0 Å². The zero-order valence-electron chi connectivity index (χ0n) is 10.1. The summed E-state index contributed by atoms with van der Waals surface area (Å²) >= 11 is 0. The van der Waals surface area contributed by atoms with E-state index in [1.54, 1.807) is 0 Å². The highest BCUT2D eigenvalue weighted by atomic mass is 16.3. The number of aliphatic hydroxyl groups is 1. The number of nitrogens with one attached hydrogen (secondary N) is 1. The molecule has 90 valence electrons. The molecule has 0 saturated heterocycles. The second-order valence-corrected chi connectivity index (χ2v) is 4.89. The number of nitrogens with zero attached hydrogens (tertiary/aromatic N) is 1. The Balaban J connectivity index is 1.75. The molecule has 2 N–H and O–H groups in total. The molecule has 0 bridgehead atoms. The summed E-state index contributed by atoms with van der Waals surface area (Å²) in [5.74, 6) is 0. The van der Waals surface area contributed by atoms with E-state index in [0.717, 1.165) is 32.5 Å². The van der Waals surface area contributed by atoms with Crippen molar-refractivity contribution in [2.24, 2.45) is 0 Å². The lowest BCUT2D eigenvalue weighted by atomic mass is 10.0. The Morgan fingerprint density at radius 2 is 2.19 bits per heavy atom. The van der Waals surface area contributed by atoms with Gasteiger partial charge in [0.25, 0.3) is 0 Å². The minimum Gasteiger partial charge on any atom is -0.389 e. The normalized spacial score (nSPS) is 19.1. The Hall–Kier alpha value is -0.800. The SMILES string of the molecule is CCn1ccc(CNCC2(O)CCCC2)c1. The van der Waals surface area contributed by atoms with Crippen LogP contribution in [0.5, 0.6) is 0 Å². The topological polar surface area (TPSA) is 37.2 Å². The van der Waals surface area contributed by atoms with Gasteiger partial charge in [0, 0.05) is 32.0 Å². The van der Waals surface area contributed by atoms with Crippen molar-refractivity contribution in [1.29, 1.82) is 0 Å². The van der Waals surface area contributed by atoms with Crippen molar-refractivity contribution < 1.29 is 5.11 Å². The van der Waals surface area contributed by atoms with Gasteiger partial charge in [-0.3, -0.25) is 0 Å². The monoisotopic (exact) mass is 222 g/mol. The zero-order valence-corrected chi connectivity index (χ0v) is 10.1. The molecule has 2 rings (SSSR count). The number of aromatic nitrogens is 1. The van der Waals surface area contributed by atoms with Gasteiger partial charge in [0.2, 0.25) is 0 Å². The van der Waals surface area contributed by atoms with Crippen LogP contribution < -0.4 is 5.32 Å². The Bertz CT molecular complexity index is 326. The molecular weight excluding hydrogens is 200 g/mol. The molecule has 1 saturated carbocycles. The fourth-order valence-corrected chi connectivity index (χ4v) is 2.44. The number of hydrogen-bond acceptors (Lipinski definition) is 2. The summed E-state index contributed by atoms with van der Waals surface area (Å²) in [4.78, 5) is 0. The third kappa shape index (κ3) is 2.86. The maximum Gasteiger partial charge on any atom is 0.0771 e. The minimum atomic E-state index is -0.437. The van der Waals surface area contributed by atoms with Gasteiger partial charge in [-0.15, -0.1) is 0 Å². The fraction of sp³-hybridized carbons (Fsp3) is 0.692. The first-order valence-corrected chi connectivity index (χ1v) is 6.30. The standard InChI is InChI=1S/C13H22N2O/c1-2-15-8-5-12(10-15)9-14-11-13(16)6-3-4-7-13/h5,8,10,14,16H,2-4,6-7,9,11H2,1H3. The quantitative estimate of drug-likeness (QED) is 0.798. The van der Waals surface area contributed by atoms with E-state index in [0.29, 0.717) is 0 Å². The lowest BCUT2D eigenvalue weighted by Crippen LogP contribution is -2.37. The van der Waals surface area contributed by atoms with Gasteiger partial charge in [0.1, 0.15) is 0 Å². The van der Waals surface area contributed by atoms with Crippen LogP contribution in [-0.2, 0) is 13.1 Å². The average molecular weight is 222 g/mol. The van der Waals surface area contributed by atoms with Crippen LogP contribution in [0.3, 0.4) is 0 Å². The molecule has 0 aromatic carbocycles. The van der Waals surface area contributed by atoms with Crippen molar-refractivity contribution in [3.8, 4) is 0 Å². The summed E-state index contributed by atoms with van der Waals surface area (Å²) in [5.41, 5.74) is 0.858. The van der Waals surface area contributed by atoms with Gasteiger partial charge in [-0.05, 0) is 31.4 Å². The van der Waals surface area contributed by atoms with E-state index in [4.69, 9.17) is 0 Å². The highest BCUT2D eigenvalue weighted by molar-refractivity contribution is 5.10. The molecule has 3 heteroatoms. The smallest absolute Gasteiger partial charge is 0.0771 e. The molecule has 0 atom stereocenters. The van der Waals surface area contributed by atoms with E-state index >= 15 is 0 Å². The van der Waals surface area contributed by atoms with Crippen LogP contribution >= 0.6 is 0 Å². The van der Waals surface area contributed by atoms with Crippen LogP contribution in [0.25, 0.3) is 0 Å². The summed E-state index contributed by atoms with van der Waals surface area (Å²) in [6.07, 6.45) is 8.51. The first-order chi connectivity index (χ1) is 7.72. The van der Waals surface area contributed by atoms with E-state index in [2.05, 4.69) is 35.3 Å². The zero-order chi connectivity index (χ0) is 11.4. The lowest BCUT2D eigenvalue weighted by molar-refractivity contribution is 0.0475. The number of hydrogen-bond donors (Lipinski definition) is 2. The van der Waals surface area contributed by atoms with Crippen molar-refractivity contribution in [2.75, 3.05) is 6.54 Å². The Morgan fingerprint density at radius 3 is 2.81 bits per heavy atom. The van der Waals surface area contributed by atoms with Crippen LogP contribution in [0, 0.1) is 0 Å². The predicted molar refractivity (Wildman–Crippen MR) is 65.2 cm³/mol. The second kappa shape index (κ2) is 5.02. The molecule has 1 heterocycles. The molecule has 3 nitrogen and oxygen atoms in total. The minimum absolute atomic E-state index is 0.437. The summed E-state index contributed by atoms with van der Waals surface area (Å²) in [6.45, 7) is 4.74. The highest BCUT2D eigenvalue weighted by Crippen LogP contribution is 2.28. The molecule has 1 aromatic rings. The van der Waals surface area contributed by atoms with Gasteiger partial charge in [0.15, 0.2) is 0 Å². The molecule has 1 fully saturated rings. The number of aryl methyl sites for hydroxylation is 1. The van der Waals surface area contributed by atoms with E-state index in [-0.39, 0.29) is 0 Å². The maximum atomic E-state index is 10.2.